The Labute approximate surface area is 106 Å². The molecule has 84 valence electrons. The largest absolute Gasteiger partial charge is 0.653 e. The normalized spacial score (nSPS) is 10.2. The van der Waals surface area contributed by atoms with E-state index in [0.717, 1.165) is 0 Å². The molecule has 0 bridgehead atoms. The molecule has 0 amide bonds. The number of nitrogens with zero attached hydrogens (tertiary/aromatic N) is 1. The van der Waals surface area contributed by atoms with Gasteiger partial charge in [0.05, 0.1) is 17.1 Å². The molecule has 0 aliphatic rings. The average molecular weight is 247 g/mol. The quantitative estimate of drug-likeness (QED) is 0.778. The summed E-state index contributed by atoms with van der Waals surface area (Å²) in [5, 5.41) is 0. The first-order chi connectivity index (χ1) is 8.24. The van der Waals surface area contributed by atoms with Crippen LogP contribution in [-0.2, 0) is 6.67 Å². The van der Waals surface area contributed by atoms with Crippen LogP contribution in [0.4, 0.5) is 8.78 Å². The van der Waals surface area contributed by atoms with E-state index in [1.165, 1.54) is 18.2 Å². The fraction of sp³-hybridized carbons (Fsp3) is 0.0833. The Morgan fingerprint density at radius 3 is 2.76 bits per heavy atom. The fourth-order valence-corrected chi connectivity index (χ4v) is 1.71. The van der Waals surface area contributed by atoms with Gasteiger partial charge in [-0.25, -0.2) is 13.8 Å². The second-order valence-corrected chi connectivity index (χ2v) is 3.64. The van der Waals surface area contributed by atoms with E-state index in [4.69, 9.17) is 3.79 Å². The number of rotatable bonds is 3. The minimum atomic E-state index is -0.653. The molecule has 5 heteroatoms. The lowest BCUT2D eigenvalue weighted by Gasteiger charge is -2.10. The SMILES string of the molecule is FCc1cccc(-c2cc(F)ccc2[O][Al])n1. The van der Waals surface area contributed by atoms with Gasteiger partial charge in [-0.05, 0) is 30.3 Å². The summed E-state index contributed by atoms with van der Waals surface area (Å²) in [7, 11) is 0. The molecule has 0 N–H and O–H groups in total. The van der Waals surface area contributed by atoms with Crippen LogP contribution in [0.15, 0.2) is 36.4 Å². The molecule has 0 atom stereocenters. The van der Waals surface area contributed by atoms with Crippen LogP contribution in [0.3, 0.4) is 0 Å². The van der Waals surface area contributed by atoms with Crippen LogP contribution in [0.1, 0.15) is 5.69 Å². The zero-order chi connectivity index (χ0) is 12.3. The van der Waals surface area contributed by atoms with Gasteiger partial charge in [0.15, 0.2) is 0 Å². The van der Waals surface area contributed by atoms with Crippen LogP contribution in [0, 0.1) is 5.82 Å². The zero-order valence-electron chi connectivity index (χ0n) is 8.86. The first-order valence-corrected chi connectivity index (χ1v) is 5.40. The monoisotopic (exact) mass is 247 g/mol. The smallest absolute Gasteiger partial charge is 0.482 e. The maximum absolute atomic E-state index is 13.2. The number of alkyl halides is 1. The molecule has 1 heterocycles. The Kier molecular flexibility index (Phi) is 3.72. The molecule has 1 aromatic carbocycles. The van der Waals surface area contributed by atoms with Crippen molar-refractivity contribution in [3.8, 4) is 17.0 Å². The molecule has 2 aromatic rings. The Balaban J connectivity index is 2.54. The molecule has 0 spiro atoms. The van der Waals surface area contributed by atoms with Gasteiger partial charge in [-0.15, -0.1) is 0 Å². The molecule has 2 radical (unpaired) electrons. The van der Waals surface area contributed by atoms with Crippen molar-refractivity contribution >= 4 is 16.6 Å². The first kappa shape index (κ1) is 12.0. The highest BCUT2D eigenvalue weighted by Crippen LogP contribution is 2.29. The molecule has 0 unspecified atom stereocenters. The standard InChI is InChI=1S/C12H9F2NO.Al/c13-7-9-2-1-3-11(15-9)10-6-8(14)4-5-12(10)16;/h1-6,16H,7H2;/q;+1/p-1. The van der Waals surface area contributed by atoms with Crippen molar-refractivity contribution in [1.29, 1.82) is 0 Å². The van der Waals surface area contributed by atoms with Crippen molar-refractivity contribution < 1.29 is 12.6 Å². The van der Waals surface area contributed by atoms with E-state index in [2.05, 4.69) is 21.6 Å². The predicted molar refractivity (Wildman–Crippen MR) is 60.8 cm³/mol. The summed E-state index contributed by atoms with van der Waals surface area (Å²) >= 11 is 2.09. The van der Waals surface area contributed by atoms with E-state index in [1.807, 2.05) is 0 Å². The van der Waals surface area contributed by atoms with E-state index in [1.54, 1.807) is 18.2 Å². The van der Waals surface area contributed by atoms with Crippen LogP contribution < -0.4 is 3.79 Å². The van der Waals surface area contributed by atoms with Crippen molar-refractivity contribution in [2.24, 2.45) is 0 Å². The molecular formula is C12H8AlF2NO. The predicted octanol–water partition coefficient (Wildman–Crippen LogP) is 2.82. The number of aromatic nitrogens is 1. The lowest BCUT2D eigenvalue weighted by molar-refractivity contribution is 0.476. The number of hydrogen-bond acceptors (Lipinski definition) is 2. The van der Waals surface area contributed by atoms with Crippen molar-refractivity contribution in [3.63, 3.8) is 0 Å². The van der Waals surface area contributed by atoms with Gasteiger partial charge in [-0.2, -0.15) is 0 Å². The Bertz CT molecular complexity index is 534. The Hall–Kier alpha value is -1.44. The molecule has 2 nitrogen and oxygen atoms in total. The highest BCUT2D eigenvalue weighted by atomic mass is 27.1. The Morgan fingerprint density at radius 2 is 2.06 bits per heavy atom. The van der Waals surface area contributed by atoms with E-state index in [-0.39, 0.29) is 0 Å². The number of hydrogen-bond donors (Lipinski definition) is 0. The fourth-order valence-electron chi connectivity index (χ4n) is 1.51. The zero-order valence-corrected chi connectivity index (χ0v) is 10.0. The summed E-state index contributed by atoms with van der Waals surface area (Å²) < 4.78 is 30.7. The highest BCUT2D eigenvalue weighted by molar-refractivity contribution is 6.00. The van der Waals surface area contributed by atoms with Crippen LogP contribution >= 0.6 is 0 Å². The first-order valence-electron chi connectivity index (χ1n) is 4.93. The van der Waals surface area contributed by atoms with Gasteiger partial charge in [0.1, 0.15) is 12.5 Å². The van der Waals surface area contributed by atoms with Crippen molar-refractivity contribution in [3.05, 3.63) is 47.9 Å². The van der Waals surface area contributed by atoms with Gasteiger partial charge >= 0.3 is 16.6 Å². The van der Waals surface area contributed by atoms with E-state index in [0.29, 0.717) is 22.7 Å². The van der Waals surface area contributed by atoms with Gasteiger partial charge in [0.2, 0.25) is 0 Å². The minimum absolute atomic E-state index is 0.307. The van der Waals surface area contributed by atoms with Crippen LogP contribution in [0.2, 0.25) is 0 Å². The summed E-state index contributed by atoms with van der Waals surface area (Å²) in [5.74, 6) is 0.0816. The van der Waals surface area contributed by atoms with Crippen molar-refractivity contribution in [2.75, 3.05) is 0 Å². The molecule has 0 saturated heterocycles. The summed E-state index contributed by atoms with van der Waals surface area (Å²) in [4.78, 5) is 4.08. The van der Waals surface area contributed by atoms with E-state index < -0.39 is 12.5 Å². The van der Waals surface area contributed by atoms with E-state index >= 15 is 0 Å². The second-order valence-electron chi connectivity index (χ2n) is 3.41. The van der Waals surface area contributed by atoms with Gasteiger partial charge < -0.3 is 3.79 Å². The van der Waals surface area contributed by atoms with E-state index in [9.17, 15) is 8.78 Å². The van der Waals surface area contributed by atoms with Gasteiger partial charge in [-0.3, -0.25) is 0 Å². The molecule has 0 aliphatic carbocycles. The van der Waals surface area contributed by atoms with Crippen LogP contribution in [0.25, 0.3) is 11.3 Å². The molecule has 2 rings (SSSR count). The summed E-state index contributed by atoms with van der Waals surface area (Å²) in [6.07, 6.45) is 0. The van der Waals surface area contributed by atoms with Gasteiger partial charge in [0, 0.05) is 5.56 Å². The number of halogens is 2. The molecular weight excluding hydrogens is 239 g/mol. The maximum Gasteiger partial charge on any atom is 0.482 e. The van der Waals surface area contributed by atoms with Crippen LogP contribution in [0.5, 0.6) is 5.75 Å². The second kappa shape index (κ2) is 5.26. The average Bonchev–Trinajstić information content (AvgIpc) is 2.39. The maximum atomic E-state index is 13.2. The summed E-state index contributed by atoms with van der Waals surface area (Å²) in [6.45, 7) is -0.653. The number of benzene rings is 1. The van der Waals surface area contributed by atoms with Crippen LogP contribution in [-0.4, -0.2) is 21.6 Å². The molecule has 0 aliphatic heterocycles. The number of pyridine rings is 1. The molecule has 1 aromatic heterocycles. The molecule has 0 saturated carbocycles. The summed E-state index contributed by atoms with van der Waals surface area (Å²) in [5.41, 5.74) is 1.29. The Morgan fingerprint density at radius 1 is 1.24 bits per heavy atom. The van der Waals surface area contributed by atoms with Crippen molar-refractivity contribution in [1.82, 2.24) is 4.98 Å². The topological polar surface area (TPSA) is 22.1 Å². The third-order valence-corrected chi connectivity index (χ3v) is 2.54. The molecule has 0 fully saturated rings. The lowest BCUT2D eigenvalue weighted by Crippen LogP contribution is -1.94. The van der Waals surface area contributed by atoms with Gasteiger partial charge in [0.25, 0.3) is 0 Å². The van der Waals surface area contributed by atoms with Gasteiger partial charge in [-0.1, -0.05) is 6.07 Å². The lowest BCUT2D eigenvalue weighted by atomic mass is 10.1. The third kappa shape index (κ3) is 2.63. The highest BCUT2D eigenvalue weighted by Gasteiger charge is 2.08. The summed E-state index contributed by atoms with van der Waals surface area (Å²) in [6, 6.07) is 9.03. The van der Waals surface area contributed by atoms with Crippen molar-refractivity contribution in [2.45, 2.75) is 6.67 Å². The third-order valence-electron chi connectivity index (χ3n) is 2.29. The molecule has 17 heavy (non-hydrogen) atoms. The minimum Gasteiger partial charge on any atom is -0.653 e.